The summed E-state index contributed by atoms with van der Waals surface area (Å²) in [5.74, 6) is -0.184. The van der Waals surface area contributed by atoms with Crippen molar-refractivity contribution in [1.29, 1.82) is 0 Å². The van der Waals surface area contributed by atoms with Gasteiger partial charge < -0.3 is 4.90 Å². The van der Waals surface area contributed by atoms with Gasteiger partial charge in [0.05, 0.1) is 0 Å². The third-order valence-electron chi connectivity index (χ3n) is 4.63. The van der Waals surface area contributed by atoms with E-state index in [2.05, 4.69) is 10.2 Å². The molecule has 0 bridgehead atoms. The monoisotopic (exact) mass is 336 g/mol. The maximum atomic E-state index is 14.0. The van der Waals surface area contributed by atoms with Crippen LogP contribution in [0.15, 0.2) is 61.2 Å². The summed E-state index contributed by atoms with van der Waals surface area (Å²) in [5, 5.41) is 7.57. The molecule has 1 aliphatic heterocycles. The Morgan fingerprint density at radius 1 is 1.08 bits per heavy atom. The molecule has 6 heteroatoms. The average Bonchev–Trinajstić information content (AvgIpc) is 3.34. The van der Waals surface area contributed by atoms with Gasteiger partial charge >= 0.3 is 0 Å². The summed E-state index contributed by atoms with van der Waals surface area (Å²) < 4.78 is 15.7. The molecular formula is C19H17FN4O. The van der Waals surface area contributed by atoms with Gasteiger partial charge in [-0.05, 0) is 36.2 Å². The van der Waals surface area contributed by atoms with Gasteiger partial charge in [0.25, 0.3) is 5.91 Å². The fourth-order valence-electron chi connectivity index (χ4n) is 3.32. The number of hydrogen-bond acceptors (Lipinski definition) is 3. The lowest BCUT2D eigenvalue weighted by atomic mass is 9.98. The normalized spacial score (nSPS) is 17.0. The fraction of sp³-hybridized carbons (Fsp3) is 0.211. The van der Waals surface area contributed by atoms with E-state index in [1.165, 1.54) is 6.07 Å². The second-order valence-corrected chi connectivity index (χ2v) is 6.18. The molecule has 1 atom stereocenters. The van der Waals surface area contributed by atoms with Gasteiger partial charge in [-0.15, -0.1) is 10.2 Å². The Morgan fingerprint density at radius 2 is 1.88 bits per heavy atom. The van der Waals surface area contributed by atoms with E-state index in [4.69, 9.17) is 0 Å². The first-order chi connectivity index (χ1) is 12.2. The summed E-state index contributed by atoms with van der Waals surface area (Å²) in [6, 6.07) is 14.2. The van der Waals surface area contributed by atoms with E-state index in [0.29, 0.717) is 24.2 Å². The Labute approximate surface area is 144 Å². The van der Waals surface area contributed by atoms with Crippen molar-refractivity contribution in [3.63, 3.8) is 0 Å². The van der Waals surface area contributed by atoms with Gasteiger partial charge in [0.2, 0.25) is 0 Å². The minimum Gasteiger partial charge on any atom is -0.338 e. The van der Waals surface area contributed by atoms with E-state index in [0.717, 1.165) is 12.1 Å². The molecule has 0 N–H and O–H groups in total. The molecule has 2 heterocycles. The van der Waals surface area contributed by atoms with Crippen LogP contribution in [0.2, 0.25) is 0 Å². The van der Waals surface area contributed by atoms with Crippen molar-refractivity contribution in [2.75, 3.05) is 13.1 Å². The topological polar surface area (TPSA) is 51.0 Å². The van der Waals surface area contributed by atoms with Crippen LogP contribution in [0.1, 0.15) is 28.3 Å². The lowest BCUT2D eigenvalue weighted by Crippen LogP contribution is -2.28. The molecule has 1 fully saturated rings. The summed E-state index contributed by atoms with van der Waals surface area (Å²) in [7, 11) is 0. The molecule has 0 spiro atoms. The maximum Gasteiger partial charge on any atom is 0.253 e. The number of hydrogen-bond donors (Lipinski definition) is 0. The number of carbonyl (C=O) groups is 1. The molecule has 1 aromatic heterocycles. The molecule has 2 aromatic carbocycles. The first kappa shape index (κ1) is 15.5. The SMILES string of the molecule is O=C(c1cccc(-n2cnnc2)c1)N1CCC(c2ccccc2F)C1. The van der Waals surface area contributed by atoms with Crippen LogP contribution in [0.5, 0.6) is 0 Å². The predicted octanol–water partition coefficient (Wildman–Crippen LogP) is 3.04. The molecule has 0 aliphatic carbocycles. The first-order valence-corrected chi connectivity index (χ1v) is 8.21. The molecule has 1 amide bonds. The molecule has 0 radical (unpaired) electrons. The second kappa shape index (κ2) is 6.47. The highest BCUT2D eigenvalue weighted by molar-refractivity contribution is 5.95. The minimum absolute atomic E-state index is 0.0336. The van der Waals surface area contributed by atoms with Crippen LogP contribution in [0.4, 0.5) is 4.39 Å². The molecule has 126 valence electrons. The molecule has 3 aromatic rings. The molecule has 25 heavy (non-hydrogen) atoms. The Hall–Kier alpha value is -3.02. The number of halogens is 1. The zero-order valence-electron chi connectivity index (χ0n) is 13.5. The Kier molecular flexibility index (Phi) is 4.01. The average molecular weight is 336 g/mol. The lowest BCUT2D eigenvalue weighted by Gasteiger charge is -2.17. The summed E-state index contributed by atoms with van der Waals surface area (Å²) >= 11 is 0. The van der Waals surface area contributed by atoms with E-state index in [9.17, 15) is 9.18 Å². The lowest BCUT2D eigenvalue weighted by molar-refractivity contribution is 0.0790. The standard InChI is InChI=1S/C19H17FN4O/c20-18-7-2-1-6-17(18)15-8-9-23(11-15)19(25)14-4-3-5-16(10-14)24-12-21-22-13-24/h1-7,10,12-13,15H,8-9,11H2. The molecule has 1 saturated heterocycles. The highest BCUT2D eigenvalue weighted by Gasteiger charge is 2.29. The molecular weight excluding hydrogens is 319 g/mol. The second-order valence-electron chi connectivity index (χ2n) is 6.18. The van der Waals surface area contributed by atoms with E-state index < -0.39 is 0 Å². The zero-order valence-corrected chi connectivity index (χ0v) is 13.5. The number of amides is 1. The van der Waals surface area contributed by atoms with Crippen molar-refractivity contribution in [3.8, 4) is 5.69 Å². The predicted molar refractivity (Wildman–Crippen MR) is 91.0 cm³/mol. The highest BCUT2D eigenvalue weighted by Crippen LogP contribution is 2.29. The Morgan fingerprint density at radius 3 is 2.68 bits per heavy atom. The van der Waals surface area contributed by atoms with E-state index in [-0.39, 0.29) is 17.6 Å². The van der Waals surface area contributed by atoms with Crippen molar-refractivity contribution in [1.82, 2.24) is 19.7 Å². The van der Waals surface area contributed by atoms with Crippen LogP contribution >= 0.6 is 0 Å². The number of likely N-dealkylation sites (tertiary alicyclic amines) is 1. The van der Waals surface area contributed by atoms with E-state index in [1.54, 1.807) is 40.3 Å². The Balaban J connectivity index is 1.53. The van der Waals surface area contributed by atoms with Crippen molar-refractivity contribution in [3.05, 3.63) is 78.1 Å². The summed E-state index contributed by atoms with van der Waals surface area (Å²) in [6.45, 7) is 1.17. The number of rotatable bonds is 3. The molecule has 4 rings (SSSR count). The first-order valence-electron chi connectivity index (χ1n) is 8.21. The number of nitrogens with zero attached hydrogens (tertiary/aromatic N) is 4. The fourth-order valence-corrected chi connectivity index (χ4v) is 3.32. The van der Waals surface area contributed by atoms with Crippen LogP contribution < -0.4 is 0 Å². The molecule has 1 aliphatic rings. The number of benzene rings is 2. The van der Waals surface area contributed by atoms with Crippen molar-refractivity contribution in [2.24, 2.45) is 0 Å². The Bertz CT molecular complexity index is 894. The van der Waals surface area contributed by atoms with Gasteiger partial charge in [-0.1, -0.05) is 24.3 Å². The van der Waals surface area contributed by atoms with Crippen LogP contribution in [0.3, 0.4) is 0 Å². The van der Waals surface area contributed by atoms with Gasteiger partial charge in [-0.25, -0.2) is 4.39 Å². The van der Waals surface area contributed by atoms with Crippen molar-refractivity contribution >= 4 is 5.91 Å². The van der Waals surface area contributed by atoms with Crippen LogP contribution in [-0.2, 0) is 0 Å². The van der Waals surface area contributed by atoms with E-state index in [1.807, 2.05) is 24.3 Å². The minimum atomic E-state index is -0.198. The van der Waals surface area contributed by atoms with Gasteiger partial charge in [0.1, 0.15) is 18.5 Å². The third-order valence-corrected chi connectivity index (χ3v) is 4.63. The van der Waals surface area contributed by atoms with Crippen LogP contribution in [0, 0.1) is 5.82 Å². The quantitative estimate of drug-likeness (QED) is 0.739. The summed E-state index contributed by atoms with van der Waals surface area (Å²) in [4.78, 5) is 14.6. The third kappa shape index (κ3) is 3.03. The van der Waals surface area contributed by atoms with Crippen molar-refractivity contribution < 1.29 is 9.18 Å². The van der Waals surface area contributed by atoms with Crippen LogP contribution in [-0.4, -0.2) is 38.7 Å². The van der Waals surface area contributed by atoms with E-state index >= 15 is 0 Å². The highest BCUT2D eigenvalue weighted by atomic mass is 19.1. The maximum absolute atomic E-state index is 14.0. The smallest absolute Gasteiger partial charge is 0.253 e. The van der Waals surface area contributed by atoms with Gasteiger partial charge in [0.15, 0.2) is 0 Å². The molecule has 5 nitrogen and oxygen atoms in total. The number of carbonyl (C=O) groups excluding carboxylic acids is 1. The van der Waals surface area contributed by atoms with Crippen molar-refractivity contribution in [2.45, 2.75) is 12.3 Å². The largest absolute Gasteiger partial charge is 0.338 e. The number of aromatic nitrogens is 3. The zero-order chi connectivity index (χ0) is 17.2. The van der Waals surface area contributed by atoms with Crippen LogP contribution in [0.25, 0.3) is 5.69 Å². The van der Waals surface area contributed by atoms with Gasteiger partial charge in [-0.2, -0.15) is 0 Å². The molecule has 0 saturated carbocycles. The summed E-state index contributed by atoms with van der Waals surface area (Å²) in [5.41, 5.74) is 2.14. The van der Waals surface area contributed by atoms with Gasteiger partial charge in [0, 0.05) is 30.3 Å². The van der Waals surface area contributed by atoms with Gasteiger partial charge in [-0.3, -0.25) is 9.36 Å². The molecule has 1 unspecified atom stereocenters. The summed E-state index contributed by atoms with van der Waals surface area (Å²) in [6.07, 6.45) is 3.96.